The quantitative estimate of drug-likeness (QED) is 0.771. The minimum atomic E-state index is -4.64. The zero-order valence-electron chi connectivity index (χ0n) is 14.3. The van der Waals surface area contributed by atoms with E-state index < -0.39 is 17.9 Å². The van der Waals surface area contributed by atoms with E-state index in [0.717, 1.165) is 26.1 Å². The van der Waals surface area contributed by atoms with Gasteiger partial charge in [-0.25, -0.2) is 4.98 Å². The number of H-pyrrole nitrogens is 1. The molecule has 140 valence electrons. The molecule has 0 spiro atoms. The summed E-state index contributed by atoms with van der Waals surface area (Å²) in [6.07, 6.45) is -1.49. The summed E-state index contributed by atoms with van der Waals surface area (Å²) in [4.78, 5) is 20.5. The second-order valence-electron chi connectivity index (χ2n) is 6.33. The molecule has 1 fully saturated rings. The highest BCUT2D eigenvalue weighted by Crippen LogP contribution is 2.31. The number of alkyl halides is 3. The molecule has 1 aliphatic heterocycles. The van der Waals surface area contributed by atoms with Crippen LogP contribution in [0, 0.1) is 0 Å². The Balaban J connectivity index is 1.70. The normalized spacial score (nSPS) is 15.3. The number of halogens is 3. The molecule has 0 unspecified atom stereocenters. The van der Waals surface area contributed by atoms with E-state index >= 15 is 0 Å². The van der Waals surface area contributed by atoms with Crippen molar-refractivity contribution in [2.75, 3.05) is 26.2 Å². The van der Waals surface area contributed by atoms with E-state index in [1.165, 1.54) is 12.8 Å². The zero-order chi connectivity index (χ0) is 18.6. The van der Waals surface area contributed by atoms with Gasteiger partial charge in [0.05, 0.1) is 0 Å². The minimum absolute atomic E-state index is 0.00923. The van der Waals surface area contributed by atoms with Crippen LogP contribution in [-0.2, 0) is 6.18 Å². The largest absolute Gasteiger partial charge is 0.449 e. The third-order valence-electron chi connectivity index (χ3n) is 4.38. The van der Waals surface area contributed by atoms with Crippen molar-refractivity contribution in [1.82, 2.24) is 20.2 Å². The smallest absolute Gasteiger partial charge is 0.351 e. The van der Waals surface area contributed by atoms with Crippen LogP contribution in [0.3, 0.4) is 0 Å². The molecular formula is C18H21F3N4O. The standard InChI is InChI=1S/C18H21F3N4O/c19-18(20,21)17-23-14(13-7-2-1-3-8-13)15(24-17)16(26)22-9-6-12-25-10-4-5-11-25/h1-3,7-8H,4-6,9-12H2,(H,22,26)(H,23,24). The second kappa shape index (κ2) is 7.90. The number of likely N-dealkylation sites (tertiary alicyclic amines) is 1. The van der Waals surface area contributed by atoms with E-state index in [1.807, 2.05) is 0 Å². The van der Waals surface area contributed by atoms with Crippen molar-refractivity contribution in [1.29, 1.82) is 0 Å². The molecule has 8 heteroatoms. The van der Waals surface area contributed by atoms with Crippen LogP contribution in [0.15, 0.2) is 30.3 Å². The molecule has 0 aliphatic carbocycles. The molecule has 0 saturated carbocycles. The van der Waals surface area contributed by atoms with Crippen LogP contribution >= 0.6 is 0 Å². The van der Waals surface area contributed by atoms with E-state index in [1.54, 1.807) is 30.3 Å². The fourth-order valence-electron chi connectivity index (χ4n) is 3.08. The lowest BCUT2D eigenvalue weighted by Crippen LogP contribution is -2.29. The van der Waals surface area contributed by atoms with Gasteiger partial charge in [-0.05, 0) is 38.9 Å². The molecule has 1 aliphatic rings. The van der Waals surface area contributed by atoms with Crippen molar-refractivity contribution in [2.24, 2.45) is 0 Å². The number of nitrogens with zero attached hydrogens (tertiary/aromatic N) is 2. The number of amides is 1. The Hall–Kier alpha value is -2.35. The Morgan fingerprint density at radius 1 is 1.19 bits per heavy atom. The molecule has 2 aromatic rings. The number of hydrogen-bond donors (Lipinski definition) is 2. The topological polar surface area (TPSA) is 61.0 Å². The maximum absolute atomic E-state index is 13.0. The van der Waals surface area contributed by atoms with Crippen molar-refractivity contribution in [3.63, 3.8) is 0 Å². The number of carbonyl (C=O) groups excluding carboxylic acids is 1. The van der Waals surface area contributed by atoms with Crippen LogP contribution < -0.4 is 5.32 Å². The number of hydrogen-bond acceptors (Lipinski definition) is 3. The first-order chi connectivity index (χ1) is 12.4. The minimum Gasteiger partial charge on any atom is -0.351 e. The van der Waals surface area contributed by atoms with E-state index in [-0.39, 0.29) is 11.4 Å². The van der Waals surface area contributed by atoms with Crippen LogP contribution in [0.1, 0.15) is 35.6 Å². The summed E-state index contributed by atoms with van der Waals surface area (Å²) in [5.41, 5.74) is 0.307. The van der Waals surface area contributed by atoms with E-state index in [4.69, 9.17) is 0 Å². The second-order valence-corrected chi connectivity index (χ2v) is 6.33. The first kappa shape index (κ1) is 18.4. The Labute approximate surface area is 149 Å². The third-order valence-corrected chi connectivity index (χ3v) is 4.38. The first-order valence-corrected chi connectivity index (χ1v) is 8.68. The Bertz CT molecular complexity index is 737. The maximum Gasteiger partial charge on any atom is 0.449 e. The van der Waals surface area contributed by atoms with Crippen LogP contribution in [0.2, 0.25) is 0 Å². The molecule has 3 rings (SSSR count). The van der Waals surface area contributed by atoms with Crippen LogP contribution in [0.4, 0.5) is 13.2 Å². The average molecular weight is 366 g/mol. The number of aromatic amines is 1. The lowest BCUT2D eigenvalue weighted by atomic mass is 10.1. The lowest BCUT2D eigenvalue weighted by molar-refractivity contribution is -0.144. The van der Waals surface area contributed by atoms with E-state index in [2.05, 4.69) is 20.2 Å². The summed E-state index contributed by atoms with van der Waals surface area (Å²) in [6.45, 7) is 3.43. The average Bonchev–Trinajstić information content (AvgIpc) is 3.28. The predicted molar refractivity (Wildman–Crippen MR) is 91.6 cm³/mol. The highest BCUT2D eigenvalue weighted by molar-refractivity contribution is 5.98. The van der Waals surface area contributed by atoms with Gasteiger partial charge in [0.25, 0.3) is 5.91 Å². The van der Waals surface area contributed by atoms with Crippen molar-refractivity contribution in [3.8, 4) is 11.3 Å². The number of aromatic nitrogens is 2. The molecule has 2 heterocycles. The number of nitrogens with one attached hydrogen (secondary N) is 2. The van der Waals surface area contributed by atoms with Gasteiger partial charge in [-0.15, -0.1) is 0 Å². The van der Waals surface area contributed by atoms with Crippen LogP contribution in [-0.4, -0.2) is 47.0 Å². The molecule has 1 aromatic carbocycles. The summed E-state index contributed by atoms with van der Waals surface area (Å²) in [5.74, 6) is -1.74. The summed E-state index contributed by atoms with van der Waals surface area (Å²) >= 11 is 0. The summed E-state index contributed by atoms with van der Waals surface area (Å²) in [6, 6.07) is 8.38. The number of benzene rings is 1. The van der Waals surface area contributed by atoms with Gasteiger partial charge in [0.2, 0.25) is 5.82 Å². The van der Waals surface area contributed by atoms with Gasteiger partial charge in [-0.3, -0.25) is 4.79 Å². The lowest BCUT2D eigenvalue weighted by Gasteiger charge is -2.14. The molecule has 0 atom stereocenters. The van der Waals surface area contributed by atoms with Gasteiger partial charge in [-0.1, -0.05) is 30.3 Å². The van der Waals surface area contributed by atoms with Gasteiger partial charge in [-0.2, -0.15) is 13.2 Å². The summed E-state index contributed by atoms with van der Waals surface area (Å²) in [5, 5.41) is 2.69. The molecule has 0 bridgehead atoms. The van der Waals surface area contributed by atoms with Gasteiger partial charge >= 0.3 is 6.18 Å². The molecule has 2 N–H and O–H groups in total. The number of rotatable bonds is 6. The highest BCUT2D eigenvalue weighted by Gasteiger charge is 2.37. The van der Waals surface area contributed by atoms with Gasteiger partial charge in [0, 0.05) is 12.1 Å². The van der Waals surface area contributed by atoms with Crippen molar-refractivity contribution >= 4 is 5.91 Å². The van der Waals surface area contributed by atoms with E-state index in [9.17, 15) is 18.0 Å². The van der Waals surface area contributed by atoms with Gasteiger partial charge in [0.15, 0.2) is 0 Å². The van der Waals surface area contributed by atoms with Gasteiger partial charge < -0.3 is 15.2 Å². The predicted octanol–water partition coefficient (Wildman–Crippen LogP) is 3.31. The fraction of sp³-hybridized carbons (Fsp3) is 0.444. The number of carbonyl (C=O) groups is 1. The van der Waals surface area contributed by atoms with E-state index in [0.29, 0.717) is 12.1 Å². The Morgan fingerprint density at radius 3 is 2.54 bits per heavy atom. The molecular weight excluding hydrogens is 345 g/mol. The molecule has 1 aromatic heterocycles. The Morgan fingerprint density at radius 2 is 1.88 bits per heavy atom. The third kappa shape index (κ3) is 4.43. The highest BCUT2D eigenvalue weighted by atomic mass is 19.4. The molecule has 1 saturated heterocycles. The van der Waals surface area contributed by atoms with Gasteiger partial charge in [0.1, 0.15) is 11.4 Å². The molecule has 0 radical (unpaired) electrons. The van der Waals surface area contributed by atoms with Crippen molar-refractivity contribution in [3.05, 3.63) is 41.9 Å². The van der Waals surface area contributed by atoms with Crippen LogP contribution in [0.5, 0.6) is 0 Å². The summed E-state index contributed by atoms with van der Waals surface area (Å²) in [7, 11) is 0. The van der Waals surface area contributed by atoms with Crippen molar-refractivity contribution in [2.45, 2.75) is 25.4 Å². The monoisotopic (exact) mass is 366 g/mol. The van der Waals surface area contributed by atoms with Crippen molar-refractivity contribution < 1.29 is 18.0 Å². The van der Waals surface area contributed by atoms with Crippen LogP contribution in [0.25, 0.3) is 11.3 Å². The number of imidazole rings is 1. The Kier molecular flexibility index (Phi) is 5.61. The maximum atomic E-state index is 13.0. The summed E-state index contributed by atoms with van der Waals surface area (Å²) < 4.78 is 39.0. The molecule has 26 heavy (non-hydrogen) atoms. The zero-order valence-corrected chi connectivity index (χ0v) is 14.3. The fourth-order valence-corrected chi connectivity index (χ4v) is 3.08. The SMILES string of the molecule is O=C(NCCCN1CCCC1)c1[nH]c(C(F)(F)F)nc1-c1ccccc1. The molecule has 1 amide bonds. The first-order valence-electron chi connectivity index (χ1n) is 8.68. The molecule has 5 nitrogen and oxygen atoms in total.